The second kappa shape index (κ2) is 14.0. The average Bonchev–Trinajstić information content (AvgIpc) is 2.75. The molecule has 1 rings (SSSR count). The number of carbonyl (C=O) groups is 4. The van der Waals surface area contributed by atoms with E-state index in [1.54, 1.807) is 30.3 Å². The lowest BCUT2D eigenvalue weighted by Crippen LogP contribution is -2.58. The molecule has 32 heavy (non-hydrogen) atoms. The number of thiol groups is 2. The molecular weight excluding hydrogens is 452 g/mol. The van der Waals surface area contributed by atoms with Gasteiger partial charge in [0, 0.05) is 17.9 Å². The molecule has 1 aromatic rings. The maximum absolute atomic E-state index is 12.8. The predicted molar refractivity (Wildman–Crippen MR) is 129 cm³/mol. The van der Waals surface area contributed by atoms with Crippen LogP contribution in [-0.2, 0) is 25.6 Å². The molecule has 4 unspecified atom stereocenters. The quantitative estimate of drug-likeness (QED) is 0.196. The van der Waals surface area contributed by atoms with Crippen molar-refractivity contribution in [3.8, 4) is 0 Å². The lowest BCUT2D eigenvalue weighted by atomic mass is 10.0. The van der Waals surface area contributed by atoms with E-state index in [0.29, 0.717) is 6.42 Å². The van der Waals surface area contributed by atoms with Crippen LogP contribution in [0.25, 0.3) is 0 Å². The topological polar surface area (TPSA) is 151 Å². The summed E-state index contributed by atoms with van der Waals surface area (Å²) in [6, 6.07) is 4.81. The normalized spacial score (nSPS) is 14.7. The highest BCUT2D eigenvalue weighted by atomic mass is 32.1. The van der Waals surface area contributed by atoms with Gasteiger partial charge in [0.25, 0.3) is 0 Å². The van der Waals surface area contributed by atoms with Crippen LogP contribution in [0, 0.1) is 5.92 Å². The summed E-state index contributed by atoms with van der Waals surface area (Å²) in [5.41, 5.74) is 6.41. The highest BCUT2D eigenvalue weighted by molar-refractivity contribution is 7.80. The first-order valence-electron chi connectivity index (χ1n) is 10.2. The zero-order valence-corrected chi connectivity index (χ0v) is 19.9. The zero-order chi connectivity index (χ0) is 24.3. The van der Waals surface area contributed by atoms with Gasteiger partial charge in [-0.3, -0.25) is 14.4 Å². The van der Waals surface area contributed by atoms with E-state index in [-0.39, 0.29) is 23.8 Å². The molecule has 9 nitrogen and oxygen atoms in total. The molecule has 0 spiro atoms. The van der Waals surface area contributed by atoms with E-state index < -0.39 is 47.9 Å². The summed E-state index contributed by atoms with van der Waals surface area (Å²) in [6.07, 6.45) is 0.409. The van der Waals surface area contributed by atoms with Gasteiger partial charge in [-0.15, -0.1) is 0 Å². The van der Waals surface area contributed by atoms with E-state index in [1.165, 1.54) is 0 Å². The number of rotatable bonds is 13. The van der Waals surface area contributed by atoms with E-state index in [0.717, 1.165) is 5.56 Å². The maximum atomic E-state index is 12.8. The molecule has 0 saturated heterocycles. The van der Waals surface area contributed by atoms with Crippen molar-refractivity contribution in [3.63, 3.8) is 0 Å². The van der Waals surface area contributed by atoms with Gasteiger partial charge in [0.1, 0.15) is 18.1 Å². The van der Waals surface area contributed by atoms with Crippen molar-refractivity contribution >= 4 is 48.9 Å². The molecule has 0 radical (unpaired) electrons. The fourth-order valence-corrected chi connectivity index (χ4v) is 3.28. The maximum Gasteiger partial charge on any atom is 0.326 e. The standard InChI is InChI=1S/C21H32N4O5S2/c1-12(2)8-15(23-18(26)14(22)10-31)19(27)25-17(11-32)20(28)24-16(21(29)30)9-13-6-4-3-5-7-13/h3-7,12,14-17,31-32H,8-11,22H2,1-2H3,(H,23,26)(H,24,28)(H,25,27)(H,29,30). The number of aliphatic carboxylic acids is 1. The first-order valence-corrected chi connectivity index (χ1v) is 11.5. The highest BCUT2D eigenvalue weighted by Crippen LogP contribution is 2.07. The molecular formula is C21H32N4O5S2. The van der Waals surface area contributed by atoms with Gasteiger partial charge >= 0.3 is 5.97 Å². The number of nitrogens with two attached hydrogens (primary N) is 1. The predicted octanol–water partition coefficient (Wildman–Crippen LogP) is 0.00110. The van der Waals surface area contributed by atoms with Crippen LogP contribution in [0.1, 0.15) is 25.8 Å². The third kappa shape index (κ3) is 9.49. The van der Waals surface area contributed by atoms with E-state index in [2.05, 4.69) is 41.2 Å². The number of carbonyl (C=O) groups excluding carboxylic acids is 3. The Balaban J connectivity index is 2.85. The van der Waals surface area contributed by atoms with Crippen molar-refractivity contribution < 1.29 is 24.3 Å². The molecule has 0 bridgehead atoms. The van der Waals surface area contributed by atoms with Gasteiger partial charge in [0.2, 0.25) is 17.7 Å². The highest BCUT2D eigenvalue weighted by Gasteiger charge is 2.30. The van der Waals surface area contributed by atoms with Crippen LogP contribution in [-0.4, -0.2) is 64.5 Å². The Hall–Kier alpha value is -2.24. The number of amides is 3. The fourth-order valence-electron chi connectivity index (χ4n) is 2.85. The van der Waals surface area contributed by atoms with Crippen molar-refractivity contribution in [1.29, 1.82) is 0 Å². The van der Waals surface area contributed by atoms with Crippen LogP contribution in [0.5, 0.6) is 0 Å². The Morgan fingerprint density at radius 1 is 0.875 bits per heavy atom. The number of nitrogens with one attached hydrogen (secondary N) is 3. The average molecular weight is 485 g/mol. The van der Waals surface area contributed by atoms with Crippen LogP contribution in [0.3, 0.4) is 0 Å². The Morgan fingerprint density at radius 2 is 1.41 bits per heavy atom. The fraction of sp³-hybridized carbons (Fsp3) is 0.524. The van der Waals surface area contributed by atoms with Gasteiger partial charge in [-0.05, 0) is 17.9 Å². The Bertz CT molecular complexity index is 779. The lowest BCUT2D eigenvalue weighted by Gasteiger charge is -2.25. The van der Waals surface area contributed by atoms with E-state index in [9.17, 15) is 24.3 Å². The van der Waals surface area contributed by atoms with Crippen molar-refractivity contribution in [3.05, 3.63) is 35.9 Å². The van der Waals surface area contributed by atoms with Crippen molar-refractivity contribution in [1.82, 2.24) is 16.0 Å². The van der Waals surface area contributed by atoms with Gasteiger partial charge in [0.05, 0.1) is 6.04 Å². The van der Waals surface area contributed by atoms with Crippen LogP contribution in [0.4, 0.5) is 0 Å². The Labute approximate surface area is 199 Å². The molecule has 178 valence electrons. The minimum Gasteiger partial charge on any atom is -0.480 e. The monoisotopic (exact) mass is 484 g/mol. The molecule has 0 aliphatic rings. The van der Waals surface area contributed by atoms with Gasteiger partial charge < -0.3 is 26.8 Å². The lowest BCUT2D eigenvalue weighted by molar-refractivity contribution is -0.142. The number of carboxylic acids is 1. The number of benzene rings is 1. The van der Waals surface area contributed by atoms with Gasteiger partial charge in [-0.2, -0.15) is 25.3 Å². The van der Waals surface area contributed by atoms with Gasteiger partial charge in [0.15, 0.2) is 0 Å². The minimum atomic E-state index is -1.20. The number of hydrogen-bond donors (Lipinski definition) is 7. The van der Waals surface area contributed by atoms with Gasteiger partial charge in [-0.25, -0.2) is 4.79 Å². The second-order valence-electron chi connectivity index (χ2n) is 7.81. The molecule has 6 N–H and O–H groups in total. The van der Waals surface area contributed by atoms with Gasteiger partial charge in [-0.1, -0.05) is 44.2 Å². The molecule has 0 saturated carbocycles. The molecule has 4 atom stereocenters. The third-order valence-corrected chi connectivity index (χ3v) is 5.34. The molecule has 0 aromatic heterocycles. The molecule has 3 amide bonds. The number of carboxylic acid groups (broad SMARTS) is 1. The largest absolute Gasteiger partial charge is 0.480 e. The summed E-state index contributed by atoms with van der Waals surface area (Å²) in [5.74, 6) is -2.86. The second-order valence-corrected chi connectivity index (χ2v) is 8.54. The number of hydrogen-bond acceptors (Lipinski definition) is 7. The summed E-state index contributed by atoms with van der Waals surface area (Å²) in [7, 11) is 0. The van der Waals surface area contributed by atoms with Crippen molar-refractivity contribution in [2.45, 2.75) is 50.9 Å². The first-order chi connectivity index (χ1) is 15.1. The molecule has 0 aliphatic heterocycles. The van der Waals surface area contributed by atoms with E-state index in [4.69, 9.17) is 5.73 Å². The van der Waals surface area contributed by atoms with Crippen LogP contribution in [0.2, 0.25) is 0 Å². The van der Waals surface area contributed by atoms with Crippen molar-refractivity contribution in [2.75, 3.05) is 11.5 Å². The van der Waals surface area contributed by atoms with E-state index in [1.807, 2.05) is 13.8 Å². The van der Waals surface area contributed by atoms with Crippen LogP contribution in [0.15, 0.2) is 30.3 Å². The van der Waals surface area contributed by atoms with Crippen LogP contribution >= 0.6 is 25.3 Å². The Morgan fingerprint density at radius 3 is 1.91 bits per heavy atom. The summed E-state index contributed by atoms with van der Waals surface area (Å²) >= 11 is 8.10. The van der Waals surface area contributed by atoms with Crippen LogP contribution < -0.4 is 21.7 Å². The molecule has 0 aliphatic carbocycles. The summed E-state index contributed by atoms with van der Waals surface area (Å²) in [4.78, 5) is 49.2. The summed E-state index contributed by atoms with van der Waals surface area (Å²) < 4.78 is 0. The first kappa shape index (κ1) is 27.8. The molecule has 0 heterocycles. The van der Waals surface area contributed by atoms with Crippen molar-refractivity contribution in [2.24, 2.45) is 11.7 Å². The summed E-state index contributed by atoms with van der Waals surface area (Å²) in [5, 5.41) is 17.1. The molecule has 11 heteroatoms. The smallest absolute Gasteiger partial charge is 0.326 e. The Kier molecular flexibility index (Phi) is 12.2. The molecule has 1 aromatic carbocycles. The van der Waals surface area contributed by atoms with E-state index >= 15 is 0 Å². The summed E-state index contributed by atoms with van der Waals surface area (Å²) in [6.45, 7) is 3.77. The SMILES string of the molecule is CC(C)CC(NC(=O)C(N)CS)C(=O)NC(CS)C(=O)NC(Cc1ccccc1)C(=O)O. The minimum absolute atomic E-state index is 0.0618. The molecule has 0 fully saturated rings. The zero-order valence-electron chi connectivity index (χ0n) is 18.2. The third-order valence-electron chi connectivity index (χ3n) is 4.59.